The van der Waals surface area contributed by atoms with Crippen LogP contribution in [0, 0.1) is 0 Å². The van der Waals surface area contributed by atoms with E-state index in [1.165, 1.54) is 71.9 Å². The highest BCUT2D eigenvalue weighted by atomic mass is 14.7. The molecular formula is C32H21N. The molecule has 0 radical (unpaired) electrons. The Kier molecular flexibility index (Phi) is 3.30. The van der Waals surface area contributed by atoms with E-state index in [-0.39, 0.29) is 0 Å². The zero-order valence-electron chi connectivity index (χ0n) is 18.1. The lowest BCUT2D eigenvalue weighted by molar-refractivity contribution is 0.817. The van der Waals surface area contributed by atoms with Crippen molar-refractivity contribution in [2.24, 2.45) is 0 Å². The number of para-hydroxylation sites is 1. The van der Waals surface area contributed by atoms with Crippen molar-refractivity contribution in [3.8, 4) is 33.4 Å². The number of H-pyrrole nitrogens is 1. The average Bonchev–Trinajstić information content (AvgIpc) is 3.40. The van der Waals surface area contributed by atoms with Crippen molar-refractivity contribution in [3.05, 3.63) is 120 Å². The molecule has 1 heterocycles. The molecule has 0 spiro atoms. The maximum absolute atomic E-state index is 3.72. The number of aromatic amines is 1. The van der Waals surface area contributed by atoms with Crippen LogP contribution in [0.3, 0.4) is 0 Å². The van der Waals surface area contributed by atoms with Crippen LogP contribution in [0.4, 0.5) is 0 Å². The van der Waals surface area contributed by atoms with Crippen LogP contribution in [0.5, 0.6) is 0 Å². The van der Waals surface area contributed by atoms with Gasteiger partial charge in [0.1, 0.15) is 0 Å². The lowest BCUT2D eigenvalue weighted by atomic mass is 9.76. The fourth-order valence-corrected chi connectivity index (χ4v) is 6.33. The Labute approximate surface area is 192 Å². The van der Waals surface area contributed by atoms with Crippen molar-refractivity contribution < 1.29 is 0 Å². The number of benzene rings is 5. The molecule has 1 nitrogen and oxygen atoms in total. The molecule has 33 heavy (non-hydrogen) atoms. The molecule has 0 saturated carbocycles. The summed E-state index contributed by atoms with van der Waals surface area (Å²) >= 11 is 0. The van der Waals surface area contributed by atoms with Gasteiger partial charge < -0.3 is 4.98 Å². The molecule has 1 aromatic heterocycles. The molecule has 8 rings (SSSR count). The first-order valence-electron chi connectivity index (χ1n) is 11.7. The zero-order valence-corrected chi connectivity index (χ0v) is 18.1. The molecule has 1 heteroatoms. The Morgan fingerprint density at radius 1 is 0.606 bits per heavy atom. The molecular weight excluding hydrogens is 398 g/mol. The van der Waals surface area contributed by atoms with Gasteiger partial charge in [-0.15, -0.1) is 0 Å². The van der Waals surface area contributed by atoms with Gasteiger partial charge in [0, 0.05) is 27.7 Å². The van der Waals surface area contributed by atoms with Crippen LogP contribution in [0.1, 0.15) is 22.6 Å². The van der Waals surface area contributed by atoms with Crippen molar-refractivity contribution in [2.75, 3.05) is 0 Å². The summed E-state index contributed by atoms with van der Waals surface area (Å²) in [6.07, 6.45) is 1.06. The Morgan fingerprint density at radius 2 is 1.42 bits per heavy atom. The van der Waals surface area contributed by atoms with Crippen LogP contribution in [-0.2, 0) is 6.42 Å². The van der Waals surface area contributed by atoms with Gasteiger partial charge in [0.25, 0.3) is 0 Å². The minimum Gasteiger partial charge on any atom is -0.354 e. The summed E-state index contributed by atoms with van der Waals surface area (Å²) in [7, 11) is 0. The second kappa shape index (κ2) is 6.24. The molecule has 6 aromatic rings. The van der Waals surface area contributed by atoms with E-state index in [1.807, 2.05) is 0 Å². The summed E-state index contributed by atoms with van der Waals surface area (Å²) in [4.78, 5) is 3.72. The van der Waals surface area contributed by atoms with Crippen molar-refractivity contribution in [1.82, 2.24) is 4.98 Å². The van der Waals surface area contributed by atoms with E-state index in [2.05, 4.69) is 108 Å². The van der Waals surface area contributed by atoms with E-state index in [9.17, 15) is 0 Å². The number of nitrogens with one attached hydrogen (secondary N) is 1. The normalized spacial score (nSPS) is 15.5. The first kappa shape index (κ1) is 17.5. The molecule has 0 aliphatic heterocycles. The predicted molar refractivity (Wildman–Crippen MR) is 138 cm³/mol. The highest BCUT2D eigenvalue weighted by Gasteiger charge is 2.37. The smallest absolute Gasteiger partial charge is 0.0477 e. The molecule has 5 aromatic carbocycles. The van der Waals surface area contributed by atoms with Crippen LogP contribution in [0.15, 0.2) is 103 Å². The lowest BCUT2D eigenvalue weighted by Gasteiger charge is -2.26. The van der Waals surface area contributed by atoms with E-state index in [0.717, 1.165) is 6.42 Å². The maximum Gasteiger partial charge on any atom is 0.0477 e. The van der Waals surface area contributed by atoms with Gasteiger partial charge in [0.05, 0.1) is 0 Å². The lowest BCUT2D eigenvalue weighted by Crippen LogP contribution is -2.10. The molecule has 1 atom stereocenters. The summed E-state index contributed by atoms with van der Waals surface area (Å²) in [5.74, 6) is 0.404. The Balaban J connectivity index is 1.49. The summed E-state index contributed by atoms with van der Waals surface area (Å²) < 4.78 is 0. The monoisotopic (exact) mass is 419 g/mol. The Bertz CT molecular complexity index is 1740. The van der Waals surface area contributed by atoms with E-state index in [0.29, 0.717) is 5.92 Å². The molecule has 1 unspecified atom stereocenters. The highest BCUT2D eigenvalue weighted by molar-refractivity contribution is 6.18. The summed E-state index contributed by atoms with van der Waals surface area (Å²) in [5, 5.41) is 2.69. The van der Waals surface area contributed by atoms with E-state index < -0.39 is 0 Å². The molecule has 0 saturated heterocycles. The number of hydrogen-bond acceptors (Lipinski definition) is 0. The molecule has 0 amide bonds. The third-order valence-electron chi connectivity index (χ3n) is 7.72. The third-order valence-corrected chi connectivity index (χ3v) is 7.72. The van der Waals surface area contributed by atoms with Gasteiger partial charge in [-0.2, -0.15) is 0 Å². The maximum atomic E-state index is 3.72. The van der Waals surface area contributed by atoms with Crippen molar-refractivity contribution >= 4 is 21.8 Å². The largest absolute Gasteiger partial charge is 0.354 e. The number of rotatable bonds is 1. The van der Waals surface area contributed by atoms with E-state index in [4.69, 9.17) is 0 Å². The van der Waals surface area contributed by atoms with E-state index in [1.54, 1.807) is 0 Å². The standard InChI is InChI=1S/C32H21N/c1-2-8-19(9-3-1)20-14-15-23-25(16-20)26-17-21-10-4-5-11-22(21)32-30(26)27(23)18-29-31(32)24-12-6-7-13-28(24)33-29/h1-16,18,26,33H,17H2. The number of fused-ring (bicyclic) bond motifs is 9. The van der Waals surface area contributed by atoms with Crippen LogP contribution in [0.2, 0.25) is 0 Å². The first-order valence-corrected chi connectivity index (χ1v) is 11.7. The summed E-state index contributed by atoms with van der Waals surface area (Å²) in [5.41, 5.74) is 15.1. The summed E-state index contributed by atoms with van der Waals surface area (Å²) in [6, 6.07) is 38.0. The quantitative estimate of drug-likeness (QED) is 0.276. The Morgan fingerprint density at radius 3 is 2.36 bits per heavy atom. The van der Waals surface area contributed by atoms with Crippen LogP contribution < -0.4 is 0 Å². The third kappa shape index (κ3) is 2.27. The number of aromatic nitrogens is 1. The van der Waals surface area contributed by atoms with Gasteiger partial charge in [-0.05, 0) is 74.7 Å². The van der Waals surface area contributed by atoms with Gasteiger partial charge in [0.2, 0.25) is 0 Å². The fourth-order valence-electron chi connectivity index (χ4n) is 6.33. The summed E-state index contributed by atoms with van der Waals surface area (Å²) in [6.45, 7) is 0. The van der Waals surface area contributed by atoms with Crippen LogP contribution >= 0.6 is 0 Å². The van der Waals surface area contributed by atoms with Crippen molar-refractivity contribution in [2.45, 2.75) is 12.3 Å². The van der Waals surface area contributed by atoms with Gasteiger partial charge in [-0.1, -0.05) is 84.9 Å². The average molecular weight is 420 g/mol. The molecule has 2 aliphatic rings. The van der Waals surface area contributed by atoms with Crippen molar-refractivity contribution in [1.29, 1.82) is 0 Å². The first-order chi connectivity index (χ1) is 16.4. The van der Waals surface area contributed by atoms with Crippen LogP contribution in [0.25, 0.3) is 55.2 Å². The van der Waals surface area contributed by atoms with Gasteiger partial charge in [0.15, 0.2) is 0 Å². The SMILES string of the molecule is c1ccc(-c2ccc3c(c2)C2Cc4ccccc4-c4c2c-3cc2[nH]c3ccccc3c42)cc1. The molecule has 0 bridgehead atoms. The van der Waals surface area contributed by atoms with Gasteiger partial charge in [-0.25, -0.2) is 0 Å². The van der Waals surface area contributed by atoms with Gasteiger partial charge in [-0.3, -0.25) is 0 Å². The zero-order chi connectivity index (χ0) is 21.5. The fraction of sp³-hybridized carbons (Fsp3) is 0.0625. The predicted octanol–water partition coefficient (Wildman–Crippen LogP) is 8.32. The topological polar surface area (TPSA) is 15.8 Å². The minimum absolute atomic E-state index is 0.404. The van der Waals surface area contributed by atoms with E-state index >= 15 is 0 Å². The highest BCUT2D eigenvalue weighted by Crippen LogP contribution is 2.57. The molecule has 154 valence electrons. The molecule has 1 N–H and O–H groups in total. The van der Waals surface area contributed by atoms with Crippen molar-refractivity contribution in [3.63, 3.8) is 0 Å². The molecule has 2 aliphatic carbocycles. The molecule has 0 fully saturated rings. The minimum atomic E-state index is 0.404. The van der Waals surface area contributed by atoms with Gasteiger partial charge >= 0.3 is 0 Å². The van der Waals surface area contributed by atoms with Crippen LogP contribution in [-0.4, -0.2) is 4.98 Å². The second-order valence-electron chi connectivity index (χ2n) is 9.39. The Hall–Kier alpha value is -4.10. The number of hydrogen-bond donors (Lipinski definition) is 1. The second-order valence-corrected chi connectivity index (χ2v) is 9.39.